The van der Waals surface area contributed by atoms with Gasteiger partial charge in [-0.3, -0.25) is 4.79 Å². The third-order valence-corrected chi connectivity index (χ3v) is 3.09. The first-order valence-corrected chi connectivity index (χ1v) is 6.35. The highest BCUT2D eigenvalue weighted by molar-refractivity contribution is 7.99. The molecule has 0 atom stereocenters. The minimum Gasteiger partial charge on any atom is -0.392 e. The Bertz CT molecular complexity index is 429. The van der Waals surface area contributed by atoms with Gasteiger partial charge in [0.2, 0.25) is 5.91 Å². The van der Waals surface area contributed by atoms with E-state index in [0.29, 0.717) is 6.54 Å². The maximum absolute atomic E-state index is 11.1. The van der Waals surface area contributed by atoms with Crippen molar-refractivity contribution >= 4 is 17.7 Å². The summed E-state index contributed by atoms with van der Waals surface area (Å²) in [6.45, 7) is 0.402. The Morgan fingerprint density at radius 1 is 1.44 bits per heavy atom. The van der Waals surface area contributed by atoms with E-state index in [1.165, 1.54) is 0 Å². The number of nitrogens with one attached hydrogen (secondary N) is 1. The number of rotatable bonds is 7. The van der Waals surface area contributed by atoms with Crippen molar-refractivity contribution in [2.75, 3.05) is 18.8 Å². The highest BCUT2D eigenvalue weighted by atomic mass is 32.2. The summed E-state index contributed by atoms with van der Waals surface area (Å²) in [7, 11) is 0. The molecule has 0 fully saturated rings. The lowest BCUT2D eigenvalue weighted by Gasteiger charge is -2.04. The second kappa shape index (κ2) is 8.41. The average Bonchev–Trinajstić information content (AvgIpc) is 2.42. The standard InChI is InChI=1S/C11H14N4O2S/c12-15-14-7-11(17)13-5-6-18-10-3-1-9(8-16)2-4-10/h1-4,16H,5-8H2,(H,13,17). The lowest BCUT2D eigenvalue weighted by molar-refractivity contribution is -0.119. The summed E-state index contributed by atoms with van der Waals surface area (Å²) in [4.78, 5) is 14.7. The van der Waals surface area contributed by atoms with Gasteiger partial charge >= 0.3 is 0 Å². The van der Waals surface area contributed by atoms with Crippen LogP contribution in [0.3, 0.4) is 0 Å². The molecule has 0 aromatic heterocycles. The van der Waals surface area contributed by atoms with Gasteiger partial charge < -0.3 is 10.4 Å². The smallest absolute Gasteiger partial charge is 0.225 e. The van der Waals surface area contributed by atoms with Gasteiger partial charge in [0, 0.05) is 22.1 Å². The largest absolute Gasteiger partial charge is 0.392 e. The van der Waals surface area contributed by atoms with Gasteiger partial charge in [-0.25, -0.2) is 0 Å². The Labute approximate surface area is 109 Å². The fourth-order valence-corrected chi connectivity index (χ4v) is 1.97. The number of thioether (sulfide) groups is 1. The molecule has 0 heterocycles. The lowest BCUT2D eigenvalue weighted by atomic mass is 10.2. The fraction of sp³-hybridized carbons (Fsp3) is 0.364. The summed E-state index contributed by atoms with van der Waals surface area (Å²) >= 11 is 1.61. The lowest BCUT2D eigenvalue weighted by Crippen LogP contribution is -2.27. The molecular weight excluding hydrogens is 252 g/mol. The topological polar surface area (TPSA) is 98.1 Å². The molecule has 1 rings (SSSR count). The summed E-state index contributed by atoms with van der Waals surface area (Å²) in [5, 5.41) is 14.7. The third-order valence-electron chi connectivity index (χ3n) is 2.08. The number of azide groups is 1. The van der Waals surface area contributed by atoms with Crippen LogP contribution in [0.1, 0.15) is 5.56 Å². The van der Waals surface area contributed by atoms with E-state index in [0.717, 1.165) is 16.2 Å². The molecular formula is C11H14N4O2S. The Balaban J connectivity index is 2.20. The highest BCUT2D eigenvalue weighted by Crippen LogP contribution is 2.17. The summed E-state index contributed by atoms with van der Waals surface area (Å²) in [6.07, 6.45) is 0. The molecule has 18 heavy (non-hydrogen) atoms. The first-order valence-electron chi connectivity index (χ1n) is 5.36. The van der Waals surface area contributed by atoms with Gasteiger partial charge in [0.25, 0.3) is 0 Å². The van der Waals surface area contributed by atoms with E-state index in [-0.39, 0.29) is 19.1 Å². The van der Waals surface area contributed by atoms with Crippen molar-refractivity contribution in [3.8, 4) is 0 Å². The summed E-state index contributed by atoms with van der Waals surface area (Å²) in [5.41, 5.74) is 8.91. The molecule has 7 heteroatoms. The second-order valence-corrected chi connectivity index (χ2v) is 4.56. The van der Waals surface area contributed by atoms with Crippen molar-refractivity contribution in [1.82, 2.24) is 5.32 Å². The highest BCUT2D eigenvalue weighted by Gasteiger charge is 1.99. The molecule has 2 N–H and O–H groups in total. The van der Waals surface area contributed by atoms with Gasteiger partial charge in [0.15, 0.2) is 0 Å². The number of aliphatic hydroxyl groups excluding tert-OH is 1. The van der Waals surface area contributed by atoms with E-state index in [1.807, 2.05) is 24.3 Å². The first kappa shape index (κ1) is 14.4. The SMILES string of the molecule is [N-]=[N+]=NCC(=O)NCCSc1ccc(CO)cc1. The van der Waals surface area contributed by atoms with Gasteiger partial charge in [-0.1, -0.05) is 17.2 Å². The van der Waals surface area contributed by atoms with Crippen LogP contribution in [0.4, 0.5) is 0 Å². The monoisotopic (exact) mass is 266 g/mol. The molecule has 1 aromatic rings. The van der Waals surface area contributed by atoms with Crippen molar-refractivity contribution < 1.29 is 9.90 Å². The number of amides is 1. The number of hydrogen-bond donors (Lipinski definition) is 2. The van der Waals surface area contributed by atoms with Crippen LogP contribution in [0.2, 0.25) is 0 Å². The predicted octanol–water partition coefficient (Wildman–Crippen LogP) is 1.70. The van der Waals surface area contributed by atoms with E-state index < -0.39 is 0 Å². The van der Waals surface area contributed by atoms with E-state index in [4.69, 9.17) is 10.6 Å². The Hall–Kier alpha value is -1.69. The zero-order chi connectivity index (χ0) is 13.2. The van der Waals surface area contributed by atoms with E-state index >= 15 is 0 Å². The van der Waals surface area contributed by atoms with Gasteiger partial charge in [-0.15, -0.1) is 11.8 Å². The van der Waals surface area contributed by atoms with Crippen molar-refractivity contribution in [2.24, 2.45) is 5.11 Å². The van der Waals surface area contributed by atoms with Crippen molar-refractivity contribution in [3.05, 3.63) is 40.3 Å². The number of nitrogens with zero attached hydrogens (tertiary/aromatic N) is 3. The fourth-order valence-electron chi connectivity index (χ4n) is 1.20. The Kier molecular flexibility index (Phi) is 6.71. The van der Waals surface area contributed by atoms with E-state index in [2.05, 4.69) is 15.3 Å². The number of benzene rings is 1. The molecule has 1 aromatic carbocycles. The number of carbonyl (C=O) groups is 1. The molecule has 0 saturated heterocycles. The zero-order valence-electron chi connectivity index (χ0n) is 9.74. The maximum Gasteiger partial charge on any atom is 0.225 e. The van der Waals surface area contributed by atoms with E-state index in [9.17, 15) is 4.79 Å². The summed E-state index contributed by atoms with van der Waals surface area (Å²) in [6, 6.07) is 7.58. The molecule has 0 saturated carbocycles. The normalized spacial score (nSPS) is 9.61. The van der Waals surface area contributed by atoms with Crippen molar-refractivity contribution in [1.29, 1.82) is 0 Å². The molecule has 0 bridgehead atoms. The van der Waals surface area contributed by atoms with Crippen LogP contribution in [-0.4, -0.2) is 29.9 Å². The van der Waals surface area contributed by atoms with Crippen LogP contribution in [0, 0.1) is 0 Å². The van der Waals surface area contributed by atoms with Gasteiger partial charge in [0.1, 0.15) is 6.54 Å². The molecule has 0 aliphatic heterocycles. The number of carbonyl (C=O) groups excluding carboxylic acids is 1. The summed E-state index contributed by atoms with van der Waals surface area (Å²) in [5.74, 6) is 0.463. The Morgan fingerprint density at radius 3 is 2.78 bits per heavy atom. The molecule has 0 aliphatic carbocycles. The van der Waals surface area contributed by atoms with Gasteiger partial charge in [-0.05, 0) is 23.2 Å². The van der Waals surface area contributed by atoms with Crippen LogP contribution in [0.25, 0.3) is 10.4 Å². The van der Waals surface area contributed by atoms with Crippen LogP contribution in [0.15, 0.2) is 34.3 Å². The van der Waals surface area contributed by atoms with E-state index in [1.54, 1.807) is 11.8 Å². The van der Waals surface area contributed by atoms with Gasteiger partial charge in [0.05, 0.1) is 6.61 Å². The quantitative estimate of drug-likeness (QED) is 0.258. The number of hydrogen-bond acceptors (Lipinski definition) is 4. The molecule has 0 aliphatic rings. The minimum atomic E-state index is -0.274. The summed E-state index contributed by atoms with van der Waals surface area (Å²) < 4.78 is 0. The molecule has 0 radical (unpaired) electrons. The zero-order valence-corrected chi connectivity index (χ0v) is 10.6. The molecule has 1 amide bonds. The first-order chi connectivity index (χ1) is 8.76. The predicted molar refractivity (Wildman–Crippen MR) is 70.1 cm³/mol. The maximum atomic E-state index is 11.1. The van der Waals surface area contributed by atoms with Crippen LogP contribution in [0.5, 0.6) is 0 Å². The third kappa shape index (κ3) is 5.58. The van der Waals surface area contributed by atoms with Gasteiger partial charge in [-0.2, -0.15) is 0 Å². The second-order valence-electron chi connectivity index (χ2n) is 3.39. The van der Waals surface area contributed by atoms with Crippen LogP contribution >= 0.6 is 11.8 Å². The van der Waals surface area contributed by atoms with Crippen LogP contribution in [-0.2, 0) is 11.4 Å². The number of aliphatic hydroxyl groups is 1. The van der Waals surface area contributed by atoms with Crippen molar-refractivity contribution in [3.63, 3.8) is 0 Å². The average molecular weight is 266 g/mol. The Morgan fingerprint density at radius 2 is 2.17 bits per heavy atom. The van der Waals surface area contributed by atoms with Crippen LogP contribution < -0.4 is 5.32 Å². The van der Waals surface area contributed by atoms with Crippen molar-refractivity contribution in [2.45, 2.75) is 11.5 Å². The molecule has 0 spiro atoms. The minimum absolute atomic E-state index is 0.0421. The molecule has 96 valence electrons. The molecule has 0 unspecified atom stereocenters. The molecule has 6 nitrogen and oxygen atoms in total.